The number of carbonyl (C=O) groups excluding carboxylic acids is 2. The molecule has 1 aromatic heterocycles. The number of hydrogen-bond donors (Lipinski definition) is 2. The van der Waals surface area contributed by atoms with Gasteiger partial charge in [0.25, 0.3) is 5.91 Å². The topological polar surface area (TPSA) is 112 Å². The highest BCUT2D eigenvalue weighted by Crippen LogP contribution is 2.30. The highest BCUT2D eigenvalue weighted by molar-refractivity contribution is 5.96. The lowest BCUT2D eigenvalue weighted by Gasteiger charge is -2.39. The third-order valence-electron chi connectivity index (χ3n) is 5.26. The second-order valence-corrected chi connectivity index (χ2v) is 8.50. The molecule has 2 amide bonds. The van der Waals surface area contributed by atoms with Crippen molar-refractivity contribution < 1.29 is 19.5 Å². The maximum Gasteiger partial charge on any atom is 0.326 e. The number of aromatic nitrogens is 2. The van der Waals surface area contributed by atoms with Crippen molar-refractivity contribution in [3.63, 3.8) is 0 Å². The molecule has 0 bridgehead atoms. The Morgan fingerprint density at radius 2 is 1.82 bits per heavy atom. The molecule has 1 aliphatic rings. The first kappa shape index (κ1) is 21.8. The van der Waals surface area contributed by atoms with Gasteiger partial charge in [-0.15, -0.1) is 0 Å². The Bertz CT molecular complexity index is 696. The van der Waals surface area contributed by atoms with Crippen LogP contribution in [-0.4, -0.2) is 56.9 Å². The van der Waals surface area contributed by atoms with Crippen molar-refractivity contribution in [3.8, 4) is 0 Å². The largest absolute Gasteiger partial charge is 0.480 e. The molecule has 2 N–H and O–H groups in total. The monoisotopic (exact) mass is 390 g/mol. The number of carboxylic acids is 1. The maximum atomic E-state index is 13.3. The van der Waals surface area contributed by atoms with Crippen LogP contribution < -0.4 is 5.32 Å². The summed E-state index contributed by atoms with van der Waals surface area (Å²) in [6, 6.07) is -1.79. The Hall–Kier alpha value is -2.51. The van der Waals surface area contributed by atoms with Crippen LogP contribution >= 0.6 is 0 Å². The number of nitrogens with one attached hydrogen (secondary N) is 1. The lowest BCUT2D eigenvalue weighted by Crippen LogP contribution is -2.58. The van der Waals surface area contributed by atoms with Crippen LogP contribution in [0.15, 0.2) is 18.6 Å². The highest BCUT2D eigenvalue weighted by Gasteiger charge is 2.41. The molecule has 0 unspecified atom stereocenters. The Morgan fingerprint density at radius 1 is 1.18 bits per heavy atom. The molecule has 2 rings (SSSR count). The number of aliphatic carboxylic acids is 1. The summed E-state index contributed by atoms with van der Waals surface area (Å²) in [6.45, 7) is 5.34. The van der Waals surface area contributed by atoms with E-state index in [0.29, 0.717) is 0 Å². The van der Waals surface area contributed by atoms with Crippen LogP contribution in [0.5, 0.6) is 0 Å². The van der Waals surface area contributed by atoms with Crippen molar-refractivity contribution in [1.29, 1.82) is 0 Å². The van der Waals surface area contributed by atoms with E-state index in [2.05, 4.69) is 15.3 Å². The summed E-state index contributed by atoms with van der Waals surface area (Å²) >= 11 is 0. The Balaban J connectivity index is 2.28. The summed E-state index contributed by atoms with van der Waals surface area (Å²) in [7, 11) is 1.50. The fourth-order valence-electron chi connectivity index (χ4n) is 3.94. The van der Waals surface area contributed by atoms with Gasteiger partial charge in [-0.25, -0.2) is 9.78 Å². The highest BCUT2D eigenvalue weighted by atomic mass is 16.4. The van der Waals surface area contributed by atoms with Gasteiger partial charge >= 0.3 is 5.97 Å². The predicted octanol–water partition coefficient (Wildman–Crippen LogP) is 2.11. The molecular weight excluding hydrogens is 360 g/mol. The molecule has 1 aromatic rings. The summed E-state index contributed by atoms with van der Waals surface area (Å²) in [5, 5.41) is 12.5. The molecule has 8 heteroatoms. The van der Waals surface area contributed by atoms with Crippen LogP contribution in [0, 0.1) is 11.3 Å². The van der Waals surface area contributed by atoms with Crippen molar-refractivity contribution in [2.45, 2.75) is 65.0 Å². The van der Waals surface area contributed by atoms with Gasteiger partial charge < -0.3 is 15.3 Å². The minimum absolute atomic E-state index is 0.0289. The number of hydrogen-bond acceptors (Lipinski definition) is 5. The Morgan fingerprint density at radius 3 is 2.32 bits per heavy atom. The third kappa shape index (κ3) is 5.27. The second-order valence-electron chi connectivity index (χ2n) is 8.50. The van der Waals surface area contributed by atoms with Gasteiger partial charge in [-0.1, -0.05) is 40.0 Å². The quantitative estimate of drug-likeness (QED) is 0.769. The van der Waals surface area contributed by atoms with Gasteiger partial charge in [0, 0.05) is 19.4 Å². The van der Waals surface area contributed by atoms with Gasteiger partial charge in [-0.05, 0) is 24.2 Å². The molecule has 1 fully saturated rings. The van der Waals surface area contributed by atoms with Gasteiger partial charge in [0.2, 0.25) is 5.91 Å². The minimum atomic E-state index is -1.06. The van der Waals surface area contributed by atoms with E-state index in [4.69, 9.17) is 0 Å². The lowest BCUT2D eigenvalue weighted by atomic mass is 9.81. The summed E-state index contributed by atoms with van der Waals surface area (Å²) in [6.07, 6.45) is 8.94. The van der Waals surface area contributed by atoms with E-state index in [0.717, 1.165) is 32.1 Å². The first-order valence-corrected chi connectivity index (χ1v) is 9.69. The number of amides is 2. The molecule has 2 atom stereocenters. The smallest absolute Gasteiger partial charge is 0.326 e. The number of nitrogens with zero attached hydrogens (tertiary/aromatic N) is 3. The number of carboxylic acid groups (broad SMARTS) is 1. The van der Waals surface area contributed by atoms with Crippen LogP contribution in [-0.2, 0) is 9.59 Å². The van der Waals surface area contributed by atoms with Gasteiger partial charge in [-0.2, -0.15) is 0 Å². The van der Waals surface area contributed by atoms with Crippen LogP contribution in [0.1, 0.15) is 63.4 Å². The molecule has 0 spiro atoms. The van der Waals surface area contributed by atoms with Gasteiger partial charge in [0.05, 0.1) is 6.20 Å². The Kier molecular flexibility index (Phi) is 7.10. The van der Waals surface area contributed by atoms with Crippen molar-refractivity contribution in [2.24, 2.45) is 11.3 Å². The van der Waals surface area contributed by atoms with Gasteiger partial charge in [-0.3, -0.25) is 14.6 Å². The summed E-state index contributed by atoms with van der Waals surface area (Å²) in [5.41, 5.74) is -0.521. The average Bonchev–Trinajstić information content (AvgIpc) is 2.65. The first-order valence-electron chi connectivity index (χ1n) is 9.69. The molecule has 0 saturated heterocycles. The molecule has 1 aliphatic carbocycles. The average molecular weight is 390 g/mol. The van der Waals surface area contributed by atoms with E-state index in [9.17, 15) is 19.5 Å². The van der Waals surface area contributed by atoms with Gasteiger partial charge in [0.15, 0.2) is 0 Å². The standard InChI is InChI=1S/C20H30N4O4/c1-20(2,3)16(19(27)28)24(4)18(26)15(13-8-6-5-7-9-13)23-17(25)14-12-21-10-11-22-14/h10-13,15-16H,5-9H2,1-4H3,(H,23,25)(H,27,28)/t15-,16+/m0/s1. The molecule has 1 saturated carbocycles. The van der Waals surface area contributed by atoms with E-state index in [1.807, 2.05) is 0 Å². The number of likely N-dealkylation sites (N-methyl/N-ethyl adjacent to an activating group) is 1. The van der Waals surface area contributed by atoms with Crippen LogP contribution in [0.25, 0.3) is 0 Å². The molecular formula is C20H30N4O4. The van der Waals surface area contributed by atoms with Crippen molar-refractivity contribution in [2.75, 3.05) is 7.05 Å². The van der Waals surface area contributed by atoms with E-state index in [1.165, 1.54) is 30.5 Å². The second kappa shape index (κ2) is 9.12. The van der Waals surface area contributed by atoms with Crippen LogP contribution in [0.4, 0.5) is 0 Å². The number of carbonyl (C=O) groups is 3. The molecule has 0 aliphatic heterocycles. The van der Waals surface area contributed by atoms with Crippen LogP contribution in [0.3, 0.4) is 0 Å². The van der Waals surface area contributed by atoms with Crippen molar-refractivity contribution in [3.05, 3.63) is 24.3 Å². The van der Waals surface area contributed by atoms with Crippen molar-refractivity contribution >= 4 is 17.8 Å². The molecule has 0 aromatic carbocycles. The molecule has 0 radical (unpaired) electrons. The fourth-order valence-corrected chi connectivity index (χ4v) is 3.94. The zero-order valence-corrected chi connectivity index (χ0v) is 17.0. The predicted molar refractivity (Wildman–Crippen MR) is 104 cm³/mol. The normalized spacial score (nSPS) is 17.4. The number of rotatable bonds is 6. The molecule has 154 valence electrons. The first-order chi connectivity index (χ1) is 13.1. The third-order valence-corrected chi connectivity index (χ3v) is 5.26. The summed E-state index contributed by atoms with van der Waals surface area (Å²) < 4.78 is 0. The molecule has 28 heavy (non-hydrogen) atoms. The van der Waals surface area contributed by atoms with E-state index in [1.54, 1.807) is 20.8 Å². The zero-order chi connectivity index (χ0) is 20.9. The Labute approximate surface area is 165 Å². The molecule has 1 heterocycles. The van der Waals surface area contributed by atoms with Crippen LogP contribution in [0.2, 0.25) is 0 Å². The summed E-state index contributed by atoms with van der Waals surface area (Å²) in [5.74, 6) is -1.95. The molecule has 8 nitrogen and oxygen atoms in total. The van der Waals surface area contributed by atoms with Gasteiger partial charge in [0.1, 0.15) is 17.8 Å². The maximum absolute atomic E-state index is 13.3. The van der Waals surface area contributed by atoms with Crippen molar-refractivity contribution in [1.82, 2.24) is 20.2 Å². The summed E-state index contributed by atoms with van der Waals surface area (Å²) in [4.78, 5) is 46.9. The van der Waals surface area contributed by atoms with E-state index >= 15 is 0 Å². The minimum Gasteiger partial charge on any atom is -0.480 e. The SMILES string of the molecule is CN(C(=O)[C@@H](NC(=O)c1cnccn1)C1CCCCC1)[C@H](C(=O)O)C(C)(C)C. The van der Waals surface area contributed by atoms with E-state index < -0.39 is 29.4 Å². The zero-order valence-electron chi connectivity index (χ0n) is 17.0. The lowest BCUT2D eigenvalue weighted by molar-refractivity contribution is -0.155. The van der Waals surface area contributed by atoms with E-state index in [-0.39, 0.29) is 17.5 Å². The fraction of sp³-hybridized carbons (Fsp3) is 0.650.